The van der Waals surface area contributed by atoms with Gasteiger partial charge in [-0.3, -0.25) is 10.1 Å². The number of pyridine rings is 1. The summed E-state index contributed by atoms with van der Waals surface area (Å²) in [5, 5.41) is 16.6. The van der Waals surface area contributed by atoms with Crippen molar-refractivity contribution in [3.63, 3.8) is 0 Å². The van der Waals surface area contributed by atoms with E-state index in [1.54, 1.807) is 6.20 Å². The van der Waals surface area contributed by atoms with Crippen LogP contribution in [0.3, 0.4) is 0 Å². The summed E-state index contributed by atoms with van der Waals surface area (Å²) >= 11 is 0. The van der Waals surface area contributed by atoms with Gasteiger partial charge in [0, 0.05) is 66.2 Å². The van der Waals surface area contributed by atoms with Crippen molar-refractivity contribution in [3.05, 3.63) is 82.2 Å². The van der Waals surface area contributed by atoms with E-state index >= 15 is 0 Å². The largest absolute Gasteiger partial charge is 0.347 e. The van der Waals surface area contributed by atoms with Gasteiger partial charge in [0.2, 0.25) is 5.88 Å². The summed E-state index contributed by atoms with van der Waals surface area (Å²) in [6.07, 6.45) is 6.81. The van der Waals surface area contributed by atoms with Crippen LogP contribution in [0.1, 0.15) is 23.5 Å². The molecule has 0 fully saturated rings. The van der Waals surface area contributed by atoms with E-state index in [0.29, 0.717) is 0 Å². The van der Waals surface area contributed by atoms with Crippen LogP contribution < -0.4 is 4.84 Å². The van der Waals surface area contributed by atoms with Gasteiger partial charge in [0.05, 0.1) is 10.6 Å². The van der Waals surface area contributed by atoms with Crippen LogP contribution in [-0.2, 0) is 20.0 Å². The molecule has 1 atom stereocenters. The molecule has 0 saturated carbocycles. The summed E-state index contributed by atoms with van der Waals surface area (Å²) in [6, 6.07) is 11.1. The summed E-state index contributed by atoms with van der Waals surface area (Å²) in [4.78, 5) is 24.5. The zero-order valence-corrected chi connectivity index (χ0v) is 17.8. The number of hydrogen-bond acceptors (Lipinski definition) is 6. The number of benzene rings is 1. The van der Waals surface area contributed by atoms with Gasteiger partial charge >= 0.3 is 0 Å². The zero-order chi connectivity index (χ0) is 22.2. The maximum Gasteiger partial charge on any atom is 0.287 e. The number of imidazole rings is 1. The fourth-order valence-corrected chi connectivity index (χ4v) is 4.44. The molecule has 0 radical (unpaired) electrons. The molecule has 32 heavy (non-hydrogen) atoms. The van der Waals surface area contributed by atoms with E-state index in [0.717, 1.165) is 47.4 Å². The van der Waals surface area contributed by atoms with Gasteiger partial charge in [-0.25, -0.2) is 9.97 Å². The number of para-hydroxylation sites is 1. The molecule has 162 valence electrons. The minimum Gasteiger partial charge on any atom is -0.347 e. The molecule has 0 saturated heterocycles. The number of oxime groups is 1. The minimum absolute atomic E-state index is 0.0903. The highest BCUT2D eigenvalue weighted by molar-refractivity contribution is 6.13. The minimum atomic E-state index is -0.490. The molecular formula is C23H22N6O3. The van der Waals surface area contributed by atoms with Crippen LogP contribution >= 0.6 is 0 Å². The first-order valence-electron chi connectivity index (χ1n) is 10.4. The van der Waals surface area contributed by atoms with Crippen molar-refractivity contribution in [3.8, 4) is 5.88 Å². The van der Waals surface area contributed by atoms with E-state index < -0.39 is 4.92 Å². The molecule has 0 amide bonds. The molecule has 0 aliphatic heterocycles. The predicted molar refractivity (Wildman–Crippen MR) is 120 cm³/mol. The van der Waals surface area contributed by atoms with Crippen molar-refractivity contribution in [1.82, 2.24) is 19.1 Å². The summed E-state index contributed by atoms with van der Waals surface area (Å²) in [7, 11) is 2.08. The second-order valence-electron chi connectivity index (χ2n) is 7.94. The third-order valence-corrected chi connectivity index (χ3v) is 6.11. The number of nitro groups is 1. The van der Waals surface area contributed by atoms with Crippen molar-refractivity contribution in [1.29, 1.82) is 0 Å². The Hall–Kier alpha value is -4.01. The fourth-order valence-electron chi connectivity index (χ4n) is 4.44. The first kappa shape index (κ1) is 19.9. The Kier molecular flexibility index (Phi) is 4.93. The van der Waals surface area contributed by atoms with Crippen LogP contribution in [0.25, 0.3) is 10.9 Å². The van der Waals surface area contributed by atoms with Crippen LogP contribution in [0.4, 0.5) is 5.69 Å². The van der Waals surface area contributed by atoms with Gasteiger partial charge in [-0.1, -0.05) is 23.4 Å². The van der Waals surface area contributed by atoms with Gasteiger partial charge in [-0.05, 0) is 25.8 Å². The summed E-state index contributed by atoms with van der Waals surface area (Å²) in [6.45, 7) is 2.73. The average Bonchev–Trinajstić information content (AvgIpc) is 3.34. The summed E-state index contributed by atoms with van der Waals surface area (Å²) in [5.41, 5.74) is 4.24. The summed E-state index contributed by atoms with van der Waals surface area (Å²) in [5.74, 6) is 1.29. The first-order chi connectivity index (χ1) is 15.5. The Bertz CT molecular complexity index is 1340. The van der Waals surface area contributed by atoms with Gasteiger partial charge in [0.25, 0.3) is 5.69 Å². The molecule has 0 N–H and O–H groups in total. The number of rotatable bonds is 5. The Labute approximate surface area is 184 Å². The Morgan fingerprint density at radius 2 is 2.09 bits per heavy atom. The highest BCUT2D eigenvalue weighted by Crippen LogP contribution is 2.35. The molecule has 5 rings (SSSR count). The number of hydrogen-bond donors (Lipinski definition) is 0. The van der Waals surface area contributed by atoms with E-state index in [1.165, 1.54) is 24.0 Å². The van der Waals surface area contributed by atoms with Gasteiger partial charge in [-0.2, -0.15) is 0 Å². The van der Waals surface area contributed by atoms with Crippen LogP contribution in [0.5, 0.6) is 5.88 Å². The average molecular weight is 430 g/mol. The van der Waals surface area contributed by atoms with Crippen LogP contribution in [0.15, 0.2) is 60.1 Å². The Morgan fingerprint density at radius 3 is 2.81 bits per heavy atom. The molecule has 3 heterocycles. The molecule has 4 aromatic rings. The lowest BCUT2D eigenvalue weighted by molar-refractivity contribution is -0.385. The van der Waals surface area contributed by atoms with Gasteiger partial charge in [0.1, 0.15) is 12.0 Å². The van der Waals surface area contributed by atoms with E-state index in [9.17, 15) is 10.1 Å². The van der Waals surface area contributed by atoms with E-state index in [2.05, 4.69) is 43.4 Å². The highest BCUT2D eigenvalue weighted by atomic mass is 16.6. The molecule has 1 unspecified atom stereocenters. The maximum atomic E-state index is 10.9. The fraction of sp³-hybridized carbons (Fsp3) is 0.261. The normalized spacial score (nSPS) is 16.9. The molecule has 1 aromatic carbocycles. The summed E-state index contributed by atoms with van der Waals surface area (Å²) < 4.78 is 4.35. The molecular weight excluding hydrogens is 408 g/mol. The monoisotopic (exact) mass is 430 g/mol. The smallest absolute Gasteiger partial charge is 0.287 e. The second-order valence-corrected chi connectivity index (χ2v) is 7.94. The number of nitrogens with zero attached hydrogens (tertiary/aromatic N) is 6. The van der Waals surface area contributed by atoms with Gasteiger partial charge < -0.3 is 14.0 Å². The first-order valence-corrected chi connectivity index (χ1v) is 10.4. The number of aromatic nitrogens is 4. The van der Waals surface area contributed by atoms with E-state index in [-0.39, 0.29) is 17.5 Å². The highest BCUT2D eigenvalue weighted by Gasteiger charge is 2.31. The van der Waals surface area contributed by atoms with Crippen molar-refractivity contribution in [2.45, 2.75) is 26.3 Å². The van der Waals surface area contributed by atoms with Gasteiger partial charge in [-0.15, -0.1) is 0 Å². The molecule has 1 aliphatic rings. The second kappa shape index (κ2) is 7.92. The van der Waals surface area contributed by atoms with Crippen LogP contribution in [0, 0.1) is 23.0 Å². The zero-order valence-electron chi connectivity index (χ0n) is 17.8. The lowest BCUT2D eigenvalue weighted by Gasteiger charge is -2.26. The molecule has 0 spiro atoms. The standard InChI is InChI=1S/C23H22N6O3/c1-15-24-11-12-28(15)14-16-7-9-20-22(18-5-3-4-6-19(18)27(20)2)23(16)26-32-21-10-8-17(13-25-21)29(30)31/h3-6,8,10-13,16H,7,9,14H2,1-2H3. The lowest BCUT2D eigenvalue weighted by atomic mass is 9.84. The lowest BCUT2D eigenvalue weighted by Crippen LogP contribution is -2.28. The van der Waals surface area contributed by atoms with Crippen LogP contribution in [0.2, 0.25) is 0 Å². The third kappa shape index (κ3) is 3.41. The van der Waals surface area contributed by atoms with Crippen molar-refractivity contribution < 1.29 is 9.76 Å². The molecule has 9 nitrogen and oxygen atoms in total. The maximum absolute atomic E-state index is 10.9. The number of aryl methyl sites for hydroxylation is 2. The molecule has 0 bridgehead atoms. The van der Waals surface area contributed by atoms with Crippen LogP contribution in [-0.4, -0.2) is 29.7 Å². The molecule has 1 aliphatic carbocycles. The number of fused-ring (bicyclic) bond motifs is 3. The topological polar surface area (TPSA) is 100 Å². The van der Waals surface area contributed by atoms with Crippen molar-refractivity contribution >= 4 is 22.3 Å². The third-order valence-electron chi connectivity index (χ3n) is 6.11. The molecule has 3 aromatic heterocycles. The SMILES string of the molecule is Cc1nccn1CC1CCc2c(c3ccccc3n2C)C1=NOc1ccc([N+](=O)[O-])cn1. The quantitative estimate of drug-likeness (QED) is 0.351. The van der Waals surface area contributed by atoms with Crippen molar-refractivity contribution in [2.24, 2.45) is 18.1 Å². The van der Waals surface area contributed by atoms with Gasteiger partial charge in [0.15, 0.2) is 0 Å². The Morgan fingerprint density at radius 1 is 1.25 bits per heavy atom. The predicted octanol–water partition coefficient (Wildman–Crippen LogP) is 4.03. The molecule has 9 heteroatoms. The van der Waals surface area contributed by atoms with Crippen molar-refractivity contribution in [2.75, 3.05) is 0 Å². The van der Waals surface area contributed by atoms with E-state index in [1.807, 2.05) is 25.3 Å². The Balaban J connectivity index is 1.57. The van der Waals surface area contributed by atoms with E-state index in [4.69, 9.17) is 4.84 Å².